The fourth-order valence-corrected chi connectivity index (χ4v) is 3.70. The number of benzene rings is 2. The van der Waals surface area contributed by atoms with Crippen molar-refractivity contribution in [1.29, 1.82) is 0 Å². The van der Waals surface area contributed by atoms with Crippen molar-refractivity contribution in [1.82, 2.24) is 4.90 Å². The molecule has 11 heteroatoms. The highest BCUT2D eigenvalue weighted by Crippen LogP contribution is 2.43. The number of ketones is 1. The molecule has 1 amide bonds. The molecule has 5 nitrogen and oxygen atoms in total. The van der Waals surface area contributed by atoms with E-state index in [0.717, 1.165) is 5.56 Å². The molecule has 34 heavy (non-hydrogen) atoms. The number of hydrogen-bond acceptors (Lipinski definition) is 4. The summed E-state index contributed by atoms with van der Waals surface area (Å²) in [6.45, 7) is 2.38. The Hall–Kier alpha value is -3.34. The van der Waals surface area contributed by atoms with E-state index in [9.17, 15) is 46.1 Å². The minimum Gasteiger partial charge on any atom is -0.507 e. The van der Waals surface area contributed by atoms with Crippen LogP contribution in [0.5, 0.6) is 0 Å². The maximum absolute atomic E-state index is 13.4. The first kappa shape index (κ1) is 25.3. The Morgan fingerprint density at radius 2 is 1.47 bits per heavy atom. The van der Waals surface area contributed by atoms with Crippen molar-refractivity contribution < 1.29 is 46.1 Å². The first-order valence-corrected chi connectivity index (χ1v) is 9.94. The number of Topliss-reactive ketones (excluding diaryl/α,β-unsaturated/α-hetero) is 1. The minimum absolute atomic E-state index is 0.0358. The van der Waals surface area contributed by atoms with Gasteiger partial charge in [0.2, 0.25) is 0 Å². The van der Waals surface area contributed by atoms with Gasteiger partial charge in [-0.15, -0.1) is 0 Å². The lowest BCUT2D eigenvalue weighted by Gasteiger charge is -2.27. The lowest BCUT2D eigenvalue weighted by molar-refractivity contribution is -0.143. The summed E-state index contributed by atoms with van der Waals surface area (Å²) in [5, 5.41) is 20.6. The monoisotopic (exact) mass is 487 g/mol. The highest BCUT2D eigenvalue weighted by Gasteiger charge is 2.48. The predicted octanol–water partition coefficient (Wildman–Crippen LogP) is 4.84. The Kier molecular flexibility index (Phi) is 6.53. The van der Waals surface area contributed by atoms with Crippen LogP contribution in [0.2, 0.25) is 0 Å². The lowest BCUT2D eigenvalue weighted by Crippen LogP contribution is -2.35. The number of amides is 1. The molecule has 1 saturated heterocycles. The number of hydrogen-bond donors (Lipinski definition) is 2. The molecule has 0 bridgehead atoms. The molecule has 0 aliphatic carbocycles. The number of nitrogens with zero attached hydrogens (tertiary/aromatic N) is 1. The molecule has 0 aromatic heterocycles. The van der Waals surface area contributed by atoms with E-state index < -0.39 is 70.8 Å². The highest BCUT2D eigenvalue weighted by atomic mass is 19.4. The summed E-state index contributed by atoms with van der Waals surface area (Å²) in [7, 11) is 0. The van der Waals surface area contributed by atoms with E-state index >= 15 is 0 Å². The van der Waals surface area contributed by atoms with Gasteiger partial charge in [-0.05, 0) is 37.6 Å². The first-order valence-electron chi connectivity index (χ1n) is 9.94. The summed E-state index contributed by atoms with van der Waals surface area (Å²) in [5.74, 6) is -3.33. The van der Waals surface area contributed by atoms with Crippen LogP contribution >= 0.6 is 0 Å². The largest absolute Gasteiger partial charge is 0.507 e. The van der Waals surface area contributed by atoms with Crippen LogP contribution < -0.4 is 0 Å². The van der Waals surface area contributed by atoms with E-state index in [1.54, 1.807) is 19.1 Å². The van der Waals surface area contributed by atoms with E-state index in [1.807, 2.05) is 0 Å². The Morgan fingerprint density at radius 1 is 0.971 bits per heavy atom. The Bertz CT molecular complexity index is 1120. The van der Waals surface area contributed by atoms with E-state index in [4.69, 9.17) is 0 Å². The molecular formula is C23H19F6NO4. The smallest absolute Gasteiger partial charge is 0.416 e. The molecule has 1 aliphatic rings. The van der Waals surface area contributed by atoms with E-state index in [-0.39, 0.29) is 11.6 Å². The summed E-state index contributed by atoms with van der Waals surface area (Å²) in [6, 6.07) is 4.80. The summed E-state index contributed by atoms with van der Waals surface area (Å²) in [4.78, 5) is 26.1. The Balaban J connectivity index is 2.33. The second-order valence-corrected chi connectivity index (χ2v) is 8.01. The molecule has 1 aliphatic heterocycles. The molecule has 2 N–H and O–H groups in total. The normalized spacial score (nSPS) is 19.6. The van der Waals surface area contributed by atoms with Crippen molar-refractivity contribution in [2.75, 3.05) is 6.54 Å². The van der Waals surface area contributed by atoms with Crippen LogP contribution in [0.25, 0.3) is 5.76 Å². The van der Waals surface area contributed by atoms with Crippen molar-refractivity contribution in [2.24, 2.45) is 0 Å². The van der Waals surface area contributed by atoms with Crippen LogP contribution in [0.1, 0.15) is 40.8 Å². The molecule has 182 valence electrons. The number of halogens is 6. The molecule has 0 saturated carbocycles. The van der Waals surface area contributed by atoms with Crippen molar-refractivity contribution in [3.05, 3.63) is 75.9 Å². The van der Waals surface area contributed by atoms with Crippen molar-refractivity contribution in [3.63, 3.8) is 0 Å². The van der Waals surface area contributed by atoms with Gasteiger partial charge in [-0.3, -0.25) is 9.59 Å². The second-order valence-electron chi connectivity index (χ2n) is 8.01. The third-order valence-corrected chi connectivity index (χ3v) is 5.25. The maximum Gasteiger partial charge on any atom is 0.416 e. The third kappa shape index (κ3) is 4.93. The van der Waals surface area contributed by atoms with Crippen LogP contribution in [0.3, 0.4) is 0 Å². The fourth-order valence-electron chi connectivity index (χ4n) is 3.70. The summed E-state index contributed by atoms with van der Waals surface area (Å²) < 4.78 is 80.6. The standard InChI is InChI=1S/C23H19F6NO4/c1-11-3-5-13(6-4-11)19(32)17-18(30(10-12(2)31)21(34)20(17)33)14-7-15(22(24,25)26)9-16(8-14)23(27,28)29/h3-9,12,18,31-32H,10H2,1-2H3. The van der Waals surface area contributed by atoms with Gasteiger partial charge in [0.1, 0.15) is 5.76 Å². The SMILES string of the molecule is Cc1ccc(C(O)=C2C(=O)C(=O)N(CC(C)O)C2c2cc(C(F)(F)F)cc(C(F)(F)F)c2)cc1. The van der Waals surface area contributed by atoms with Gasteiger partial charge in [0.25, 0.3) is 11.7 Å². The maximum atomic E-state index is 13.4. The quantitative estimate of drug-likeness (QED) is 0.280. The minimum atomic E-state index is -5.17. The average Bonchev–Trinajstić information content (AvgIpc) is 2.96. The fraction of sp³-hybridized carbons (Fsp3) is 0.304. The Morgan fingerprint density at radius 3 is 1.91 bits per heavy atom. The summed E-state index contributed by atoms with van der Waals surface area (Å²) >= 11 is 0. The number of β-amino-alcohol motifs (C(OH)–C–C–N with tert-alkyl or cyclic N) is 1. The molecule has 1 fully saturated rings. The van der Waals surface area contributed by atoms with Crippen LogP contribution in [0.4, 0.5) is 26.3 Å². The zero-order valence-electron chi connectivity index (χ0n) is 17.8. The summed E-state index contributed by atoms with van der Waals surface area (Å²) in [6.07, 6.45) is -11.6. The van der Waals surface area contributed by atoms with Gasteiger partial charge in [0, 0.05) is 12.1 Å². The number of alkyl halides is 6. The van der Waals surface area contributed by atoms with Gasteiger partial charge in [0.05, 0.1) is 28.8 Å². The lowest BCUT2D eigenvalue weighted by atomic mass is 9.92. The molecule has 1 heterocycles. The molecule has 0 radical (unpaired) electrons. The van der Waals surface area contributed by atoms with Crippen molar-refractivity contribution in [3.8, 4) is 0 Å². The van der Waals surface area contributed by atoms with Gasteiger partial charge in [-0.1, -0.05) is 29.8 Å². The molecule has 2 unspecified atom stereocenters. The number of carbonyl (C=O) groups excluding carboxylic acids is 2. The number of likely N-dealkylation sites (tertiary alicyclic amines) is 1. The van der Waals surface area contributed by atoms with Gasteiger partial charge in [-0.25, -0.2) is 0 Å². The van der Waals surface area contributed by atoms with E-state index in [0.29, 0.717) is 17.0 Å². The van der Waals surface area contributed by atoms with E-state index in [2.05, 4.69) is 0 Å². The van der Waals surface area contributed by atoms with Crippen molar-refractivity contribution >= 4 is 17.4 Å². The highest BCUT2D eigenvalue weighted by molar-refractivity contribution is 6.46. The van der Waals surface area contributed by atoms with Crippen LogP contribution in [0, 0.1) is 6.92 Å². The average molecular weight is 487 g/mol. The summed E-state index contributed by atoms with van der Waals surface area (Å²) in [5.41, 5.74) is -3.84. The number of aryl methyl sites for hydroxylation is 1. The molecule has 0 spiro atoms. The van der Waals surface area contributed by atoms with E-state index in [1.165, 1.54) is 19.1 Å². The van der Waals surface area contributed by atoms with Crippen LogP contribution in [-0.2, 0) is 21.9 Å². The van der Waals surface area contributed by atoms with Gasteiger partial charge < -0.3 is 15.1 Å². The van der Waals surface area contributed by atoms with Crippen molar-refractivity contribution in [2.45, 2.75) is 38.3 Å². The van der Waals surface area contributed by atoms with Crippen LogP contribution in [-0.4, -0.2) is 39.5 Å². The molecule has 2 aromatic carbocycles. The van der Waals surface area contributed by atoms with Gasteiger partial charge >= 0.3 is 12.4 Å². The van der Waals surface area contributed by atoms with Gasteiger partial charge in [-0.2, -0.15) is 26.3 Å². The second kappa shape index (κ2) is 8.79. The number of aliphatic hydroxyl groups is 2. The zero-order valence-corrected chi connectivity index (χ0v) is 17.8. The molecular weight excluding hydrogens is 468 g/mol. The molecule has 2 atom stereocenters. The molecule has 2 aromatic rings. The first-order chi connectivity index (χ1) is 15.6. The number of aliphatic hydroxyl groups excluding tert-OH is 2. The number of rotatable bonds is 4. The molecule has 3 rings (SSSR count). The Labute approximate surface area is 189 Å². The number of carbonyl (C=O) groups is 2. The topological polar surface area (TPSA) is 77.8 Å². The third-order valence-electron chi connectivity index (χ3n) is 5.25. The van der Waals surface area contributed by atoms with Gasteiger partial charge in [0.15, 0.2) is 0 Å². The zero-order chi connectivity index (χ0) is 25.6. The van der Waals surface area contributed by atoms with Crippen LogP contribution in [0.15, 0.2) is 48.0 Å². The predicted molar refractivity (Wildman–Crippen MR) is 108 cm³/mol.